The van der Waals surface area contributed by atoms with Crippen LogP contribution < -0.4 is 10.5 Å². The maximum Gasteiger partial charge on any atom is 0.404 e. The monoisotopic (exact) mass is 211 g/mol. The van der Waals surface area contributed by atoms with Gasteiger partial charge in [-0.3, -0.25) is 0 Å². The van der Waals surface area contributed by atoms with Crippen LogP contribution in [0.5, 0.6) is 11.5 Å². The zero-order valence-electron chi connectivity index (χ0n) is 8.18. The third-order valence-corrected chi connectivity index (χ3v) is 1.66. The molecule has 0 spiro atoms. The minimum Gasteiger partial charge on any atom is -0.504 e. The smallest absolute Gasteiger partial charge is 0.404 e. The van der Waals surface area contributed by atoms with Crippen molar-refractivity contribution in [2.45, 2.75) is 6.42 Å². The molecule has 0 unspecified atom stereocenters. The maximum atomic E-state index is 10.2. The quantitative estimate of drug-likeness (QED) is 0.718. The molecular weight excluding hydrogens is 198 g/mol. The van der Waals surface area contributed by atoms with Gasteiger partial charge >= 0.3 is 6.09 Å². The van der Waals surface area contributed by atoms with Gasteiger partial charge in [0.25, 0.3) is 0 Å². The Balaban J connectivity index is 2.21. The number of aromatic hydroxyl groups is 1. The van der Waals surface area contributed by atoms with Crippen molar-refractivity contribution < 1.29 is 19.4 Å². The average molecular weight is 211 g/mol. The SMILES string of the molecule is NC(=O)OCCCOc1ccccc1O. The van der Waals surface area contributed by atoms with Gasteiger partial charge in [-0.05, 0) is 12.1 Å². The van der Waals surface area contributed by atoms with Gasteiger partial charge in [0.05, 0.1) is 13.2 Å². The van der Waals surface area contributed by atoms with E-state index in [1.54, 1.807) is 18.2 Å². The molecule has 1 aromatic rings. The largest absolute Gasteiger partial charge is 0.504 e. The predicted molar refractivity (Wildman–Crippen MR) is 53.8 cm³/mol. The van der Waals surface area contributed by atoms with Crippen LogP contribution in [0.1, 0.15) is 6.42 Å². The number of carbonyl (C=O) groups is 1. The third-order valence-electron chi connectivity index (χ3n) is 1.66. The molecule has 0 aliphatic heterocycles. The summed E-state index contributed by atoms with van der Waals surface area (Å²) in [5.41, 5.74) is 4.77. The Labute approximate surface area is 87.4 Å². The summed E-state index contributed by atoms with van der Waals surface area (Å²) in [6.45, 7) is 0.563. The molecule has 0 fully saturated rings. The number of benzene rings is 1. The number of hydrogen-bond donors (Lipinski definition) is 2. The number of rotatable bonds is 5. The van der Waals surface area contributed by atoms with Crippen LogP contribution in [0.15, 0.2) is 24.3 Å². The van der Waals surface area contributed by atoms with E-state index < -0.39 is 6.09 Å². The van der Waals surface area contributed by atoms with E-state index in [9.17, 15) is 9.90 Å². The van der Waals surface area contributed by atoms with E-state index in [1.165, 1.54) is 6.07 Å². The molecule has 0 saturated heterocycles. The second-order valence-corrected chi connectivity index (χ2v) is 2.84. The van der Waals surface area contributed by atoms with Crippen LogP contribution in [0.2, 0.25) is 0 Å². The van der Waals surface area contributed by atoms with Gasteiger partial charge in [0.15, 0.2) is 11.5 Å². The zero-order valence-corrected chi connectivity index (χ0v) is 8.18. The molecule has 0 saturated carbocycles. The molecule has 5 heteroatoms. The van der Waals surface area contributed by atoms with Crippen LogP contribution >= 0.6 is 0 Å². The van der Waals surface area contributed by atoms with E-state index in [-0.39, 0.29) is 12.4 Å². The molecule has 0 heterocycles. The van der Waals surface area contributed by atoms with Gasteiger partial charge in [0.1, 0.15) is 0 Å². The topological polar surface area (TPSA) is 81.8 Å². The summed E-state index contributed by atoms with van der Waals surface area (Å²) in [6.07, 6.45) is -0.269. The number of para-hydroxylation sites is 2. The van der Waals surface area contributed by atoms with E-state index in [4.69, 9.17) is 10.5 Å². The fraction of sp³-hybridized carbons (Fsp3) is 0.300. The molecule has 0 aliphatic carbocycles. The Bertz CT molecular complexity index is 327. The predicted octanol–water partition coefficient (Wildman–Crippen LogP) is 1.26. The molecule has 0 bridgehead atoms. The van der Waals surface area contributed by atoms with Gasteiger partial charge in [-0.25, -0.2) is 4.79 Å². The van der Waals surface area contributed by atoms with Crippen molar-refractivity contribution in [2.24, 2.45) is 5.73 Å². The van der Waals surface area contributed by atoms with Crippen molar-refractivity contribution >= 4 is 6.09 Å². The van der Waals surface area contributed by atoms with Crippen molar-refractivity contribution in [2.75, 3.05) is 13.2 Å². The molecule has 3 N–H and O–H groups in total. The molecule has 0 aromatic heterocycles. The van der Waals surface area contributed by atoms with Crippen molar-refractivity contribution in [1.82, 2.24) is 0 Å². The molecule has 0 atom stereocenters. The van der Waals surface area contributed by atoms with E-state index in [0.717, 1.165) is 0 Å². The summed E-state index contributed by atoms with van der Waals surface area (Å²) in [6, 6.07) is 6.66. The van der Waals surface area contributed by atoms with Gasteiger partial charge in [0.2, 0.25) is 0 Å². The van der Waals surface area contributed by atoms with Crippen LogP contribution in [0.3, 0.4) is 0 Å². The van der Waals surface area contributed by atoms with Crippen molar-refractivity contribution in [3.05, 3.63) is 24.3 Å². The highest BCUT2D eigenvalue weighted by Crippen LogP contribution is 2.24. The lowest BCUT2D eigenvalue weighted by Crippen LogP contribution is -2.15. The number of nitrogens with two attached hydrogens (primary N) is 1. The number of phenols is 1. The highest BCUT2D eigenvalue weighted by atomic mass is 16.5. The number of amides is 1. The summed E-state index contributed by atoms with van der Waals surface area (Å²) < 4.78 is 9.74. The van der Waals surface area contributed by atoms with Gasteiger partial charge in [0, 0.05) is 6.42 Å². The van der Waals surface area contributed by atoms with Crippen molar-refractivity contribution in [3.63, 3.8) is 0 Å². The van der Waals surface area contributed by atoms with E-state index in [2.05, 4.69) is 4.74 Å². The maximum absolute atomic E-state index is 10.2. The van der Waals surface area contributed by atoms with Crippen LogP contribution in [0.4, 0.5) is 4.79 Å². The van der Waals surface area contributed by atoms with Gasteiger partial charge in [-0.15, -0.1) is 0 Å². The molecule has 82 valence electrons. The lowest BCUT2D eigenvalue weighted by Gasteiger charge is -2.07. The summed E-state index contributed by atoms with van der Waals surface area (Å²) in [7, 11) is 0. The molecule has 1 amide bonds. The molecule has 5 nitrogen and oxygen atoms in total. The first-order valence-corrected chi connectivity index (χ1v) is 4.53. The zero-order chi connectivity index (χ0) is 11.1. The lowest BCUT2D eigenvalue weighted by molar-refractivity contribution is 0.147. The lowest BCUT2D eigenvalue weighted by atomic mass is 10.3. The Hall–Kier alpha value is -1.91. The van der Waals surface area contributed by atoms with E-state index in [0.29, 0.717) is 18.8 Å². The highest BCUT2D eigenvalue weighted by Gasteiger charge is 2.00. The average Bonchev–Trinajstić information content (AvgIpc) is 2.20. The van der Waals surface area contributed by atoms with Crippen LogP contribution in [-0.2, 0) is 4.74 Å². The molecular formula is C10H13NO4. The summed E-state index contributed by atoms with van der Waals surface area (Å²) in [5, 5.41) is 9.32. The summed E-state index contributed by atoms with van der Waals surface area (Å²) in [5.74, 6) is 0.505. The van der Waals surface area contributed by atoms with Gasteiger partial charge in [-0.1, -0.05) is 12.1 Å². The third kappa shape index (κ3) is 4.21. The number of primary amides is 1. The second kappa shape index (κ2) is 5.74. The number of carbonyl (C=O) groups excluding carboxylic acids is 1. The Morgan fingerprint density at radius 2 is 2.07 bits per heavy atom. The first-order chi connectivity index (χ1) is 7.20. The Morgan fingerprint density at radius 1 is 1.33 bits per heavy atom. The van der Waals surface area contributed by atoms with Gasteiger partial charge < -0.3 is 20.3 Å². The number of phenolic OH excluding ortho intramolecular Hbond substituents is 1. The molecule has 0 aliphatic rings. The molecule has 0 radical (unpaired) electrons. The minimum absolute atomic E-state index is 0.0910. The van der Waals surface area contributed by atoms with Crippen LogP contribution in [0.25, 0.3) is 0 Å². The Morgan fingerprint density at radius 3 is 2.73 bits per heavy atom. The normalized spacial score (nSPS) is 9.60. The molecule has 15 heavy (non-hydrogen) atoms. The summed E-state index contributed by atoms with van der Waals surface area (Å²) in [4.78, 5) is 10.2. The van der Waals surface area contributed by atoms with Crippen LogP contribution in [0, 0.1) is 0 Å². The fourth-order valence-electron chi connectivity index (χ4n) is 0.993. The highest BCUT2D eigenvalue weighted by molar-refractivity contribution is 5.64. The molecule has 1 rings (SSSR count). The van der Waals surface area contributed by atoms with Gasteiger partial charge in [-0.2, -0.15) is 0 Å². The second-order valence-electron chi connectivity index (χ2n) is 2.84. The van der Waals surface area contributed by atoms with E-state index >= 15 is 0 Å². The fourth-order valence-corrected chi connectivity index (χ4v) is 0.993. The van der Waals surface area contributed by atoms with Crippen molar-refractivity contribution in [1.29, 1.82) is 0 Å². The minimum atomic E-state index is -0.794. The number of ether oxygens (including phenoxy) is 2. The van der Waals surface area contributed by atoms with Crippen LogP contribution in [-0.4, -0.2) is 24.4 Å². The Kier molecular flexibility index (Phi) is 4.28. The first kappa shape index (κ1) is 11.2. The number of hydrogen-bond acceptors (Lipinski definition) is 4. The summed E-state index contributed by atoms with van der Waals surface area (Å²) >= 11 is 0. The molecule has 1 aromatic carbocycles. The standard InChI is InChI=1S/C10H13NO4/c11-10(13)15-7-3-6-14-9-5-2-1-4-8(9)12/h1-2,4-5,12H,3,6-7H2,(H2,11,13). The van der Waals surface area contributed by atoms with E-state index in [1.807, 2.05) is 0 Å². The first-order valence-electron chi connectivity index (χ1n) is 4.53. The van der Waals surface area contributed by atoms with Crippen molar-refractivity contribution in [3.8, 4) is 11.5 Å².